The normalized spacial score (nSPS) is 27.4. The fourth-order valence-corrected chi connectivity index (χ4v) is 4.98. The summed E-state index contributed by atoms with van der Waals surface area (Å²) in [6.45, 7) is 2.10. The van der Waals surface area contributed by atoms with E-state index in [1.807, 2.05) is 37.4 Å². The van der Waals surface area contributed by atoms with Crippen LogP contribution in [0.25, 0.3) is 11.3 Å². The number of rotatable bonds is 4. The molecule has 2 aliphatic rings. The standard InChI is InChI=1S/C25H26ClNO6/c1-12(13-3-5-19-17(8-13)21-15(11-32-19)6-7-27-21)16-9-14(2-4-18(16)26)25-24(31)23(30)22(29)20(10-28)33-25/h2-9,12,20,22-25,27-31H,10-11H2,1H3/t12?,20-,22-,23+,24-,25+/m1/s1. The Morgan fingerprint density at radius 2 is 1.88 bits per heavy atom. The van der Waals surface area contributed by atoms with E-state index < -0.39 is 37.1 Å². The number of hydrogen-bond acceptors (Lipinski definition) is 6. The van der Waals surface area contributed by atoms with Crippen LogP contribution < -0.4 is 4.74 Å². The third-order valence-electron chi connectivity index (χ3n) is 6.70. The molecule has 1 aromatic heterocycles. The van der Waals surface area contributed by atoms with Gasteiger partial charge in [0.15, 0.2) is 0 Å². The van der Waals surface area contributed by atoms with Crippen LogP contribution in [0.15, 0.2) is 48.7 Å². The molecule has 7 nitrogen and oxygen atoms in total. The highest BCUT2D eigenvalue weighted by Gasteiger charge is 2.44. The second kappa shape index (κ2) is 8.76. The molecule has 0 spiro atoms. The molecule has 3 aromatic rings. The van der Waals surface area contributed by atoms with Gasteiger partial charge in [-0.15, -0.1) is 0 Å². The van der Waals surface area contributed by atoms with Crippen molar-refractivity contribution >= 4 is 11.6 Å². The largest absolute Gasteiger partial charge is 0.488 e. The van der Waals surface area contributed by atoms with E-state index in [1.54, 1.807) is 12.1 Å². The quantitative estimate of drug-likeness (QED) is 0.399. The molecule has 0 radical (unpaired) electrons. The molecule has 1 saturated heterocycles. The van der Waals surface area contributed by atoms with Gasteiger partial charge in [0.2, 0.25) is 0 Å². The van der Waals surface area contributed by atoms with Crippen molar-refractivity contribution in [1.29, 1.82) is 0 Å². The van der Waals surface area contributed by atoms with Gasteiger partial charge in [-0.1, -0.05) is 36.7 Å². The first kappa shape index (κ1) is 22.4. The number of hydrogen-bond donors (Lipinski definition) is 5. The second-order valence-electron chi connectivity index (χ2n) is 8.67. The minimum Gasteiger partial charge on any atom is -0.488 e. The van der Waals surface area contributed by atoms with Gasteiger partial charge in [0, 0.05) is 28.3 Å². The molecule has 8 heteroatoms. The lowest BCUT2D eigenvalue weighted by molar-refractivity contribution is -0.231. The van der Waals surface area contributed by atoms with Crippen molar-refractivity contribution in [2.24, 2.45) is 0 Å². The van der Waals surface area contributed by atoms with Crippen LogP contribution in [0.1, 0.15) is 41.2 Å². The maximum atomic E-state index is 10.5. The van der Waals surface area contributed by atoms with Gasteiger partial charge in [-0.05, 0) is 41.0 Å². The molecule has 2 aromatic carbocycles. The van der Waals surface area contributed by atoms with Crippen LogP contribution in [0.5, 0.6) is 5.75 Å². The van der Waals surface area contributed by atoms with Crippen molar-refractivity contribution in [1.82, 2.24) is 4.98 Å². The molecule has 5 N–H and O–H groups in total. The first-order valence-corrected chi connectivity index (χ1v) is 11.3. The molecule has 1 fully saturated rings. The minimum absolute atomic E-state index is 0.0898. The number of fused-ring (bicyclic) bond motifs is 3. The third-order valence-corrected chi connectivity index (χ3v) is 7.04. The number of ether oxygens (including phenoxy) is 2. The Kier molecular flexibility index (Phi) is 5.95. The predicted octanol–water partition coefficient (Wildman–Crippen LogP) is 2.89. The maximum absolute atomic E-state index is 10.5. The third kappa shape index (κ3) is 3.85. The monoisotopic (exact) mass is 471 g/mol. The predicted molar refractivity (Wildman–Crippen MR) is 122 cm³/mol. The summed E-state index contributed by atoms with van der Waals surface area (Å²) in [7, 11) is 0. The summed E-state index contributed by atoms with van der Waals surface area (Å²) < 4.78 is 11.6. The molecular formula is C25H26ClNO6. The highest BCUT2D eigenvalue weighted by molar-refractivity contribution is 6.31. The summed E-state index contributed by atoms with van der Waals surface area (Å²) in [5, 5.41) is 40.9. The van der Waals surface area contributed by atoms with Gasteiger partial charge in [-0.2, -0.15) is 0 Å². The molecule has 0 amide bonds. The Bertz CT molecular complexity index is 1160. The van der Waals surface area contributed by atoms with E-state index in [-0.39, 0.29) is 5.92 Å². The van der Waals surface area contributed by atoms with Gasteiger partial charge in [-0.25, -0.2) is 0 Å². The number of aliphatic hydroxyl groups is 4. The van der Waals surface area contributed by atoms with Crippen LogP contribution in [-0.2, 0) is 11.3 Å². The number of aromatic nitrogens is 1. The highest BCUT2D eigenvalue weighted by atomic mass is 35.5. The van der Waals surface area contributed by atoms with E-state index in [2.05, 4.69) is 11.1 Å². The van der Waals surface area contributed by atoms with Crippen LogP contribution >= 0.6 is 11.6 Å². The SMILES string of the molecule is CC(c1ccc2c(c1)-c1[nH]ccc1CO2)c1cc([C@@H]2O[C@H](CO)[C@@H](O)[C@H](O)[C@H]2O)ccc1Cl. The van der Waals surface area contributed by atoms with Gasteiger partial charge < -0.3 is 34.9 Å². The van der Waals surface area contributed by atoms with Gasteiger partial charge >= 0.3 is 0 Å². The fourth-order valence-electron chi connectivity index (χ4n) is 4.69. The van der Waals surface area contributed by atoms with Gasteiger partial charge in [0.05, 0.1) is 12.3 Å². The van der Waals surface area contributed by atoms with Crippen LogP contribution in [0, 0.1) is 0 Å². The van der Waals surface area contributed by atoms with Crippen LogP contribution in [0.2, 0.25) is 5.02 Å². The Morgan fingerprint density at radius 3 is 2.67 bits per heavy atom. The maximum Gasteiger partial charge on any atom is 0.129 e. The van der Waals surface area contributed by atoms with Crippen molar-refractivity contribution in [3.63, 3.8) is 0 Å². The minimum atomic E-state index is -1.44. The zero-order valence-corrected chi connectivity index (χ0v) is 18.7. The van der Waals surface area contributed by atoms with Crippen LogP contribution in [-0.4, -0.2) is 56.4 Å². The van der Waals surface area contributed by atoms with E-state index in [0.717, 1.165) is 33.7 Å². The smallest absolute Gasteiger partial charge is 0.129 e. The average Bonchev–Trinajstić information content (AvgIpc) is 3.32. The van der Waals surface area contributed by atoms with Gasteiger partial charge in [-0.3, -0.25) is 0 Å². The van der Waals surface area contributed by atoms with E-state index in [0.29, 0.717) is 17.2 Å². The van der Waals surface area contributed by atoms with Crippen molar-refractivity contribution in [3.8, 4) is 17.0 Å². The number of aromatic amines is 1. The highest BCUT2D eigenvalue weighted by Crippen LogP contribution is 2.41. The lowest BCUT2D eigenvalue weighted by atomic mass is 9.87. The number of halogens is 1. The molecule has 0 saturated carbocycles. The van der Waals surface area contributed by atoms with E-state index in [9.17, 15) is 20.4 Å². The first-order chi connectivity index (χ1) is 15.9. The molecule has 33 heavy (non-hydrogen) atoms. The number of H-pyrrole nitrogens is 1. The van der Waals surface area contributed by atoms with E-state index in [4.69, 9.17) is 21.1 Å². The zero-order valence-electron chi connectivity index (χ0n) is 18.0. The first-order valence-electron chi connectivity index (χ1n) is 10.9. The molecule has 1 unspecified atom stereocenters. The Morgan fingerprint density at radius 1 is 1.06 bits per heavy atom. The second-order valence-corrected chi connectivity index (χ2v) is 9.08. The van der Waals surface area contributed by atoms with Crippen molar-refractivity contribution < 1.29 is 29.9 Å². The van der Waals surface area contributed by atoms with Crippen LogP contribution in [0.4, 0.5) is 0 Å². The average molecular weight is 472 g/mol. The topological polar surface area (TPSA) is 115 Å². The molecule has 174 valence electrons. The van der Waals surface area contributed by atoms with Crippen molar-refractivity contribution in [2.75, 3.05) is 6.61 Å². The summed E-state index contributed by atoms with van der Waals surface area (Å²) >= 11 is 6.57. The Hall–Kier alpha value is -2.39. The number of benzene rings is 2. The molecule has 5 rings (SSSR count). The molecule has 3 heterocycles. The van der Waals surface area contributed by atoms with Crippen LogP contribution in [0.3, 0.4) is 0 Å². The summed E-state index contributed by atoms with van der Waals surface area (Å²) in [6.07, 6.45) is -4.17. The lowest BCUT2D eigenvalue weighted by Gasteiger charge is -2.40. The van der Waals surface area contributed by atoms with E-state index >= 15 is 0 Å². The van der Waals surface area contributed by atoms with E-state index in [1.165, 1.54) is 0 Å². The summed E-state index contributed by atoms with van der Waals surface area (Å²) in [6, 6.07) is 13.4. The molecule has 6 atom stereocenters. The number of aliphatic hydroxyl groups excluding tert-OH is 4. The lowest BCUT2D eigenvalue weighted by Crippen LogP contribution is -2.55. The summed E-state index contributed by atoms with van der Waals surface area (Å²) in [4.78, 5) is 3.29. The molecule has 0 aliphatic carbocycles. The molecular weight excluding hydrogens is 446 g/mol. The van der Waals surface area contributed by atoms with Gasteiger partial charge in [0.1, 0.15) is 42.9 Å². The zero-order chi connectivity index (χ0) is 23.3. The summed E-state index contributed by atoms with van der Waals surface area (Å²) in [5.74, 6) is 0.732. The van der Waals surface area contributed by atoms with Crippen molar-refractivity contribution in [2.45, 2.75) is 50.0 Å². The Labute approximate surface area is 196 Å². The summed E-state index contributed by atoms with van der Waals surface area (Å²) in [5.41, 5.74) is 5.61. The Balaban J connectivity index is 1.49. The van der Waals surface area contributed by atoms with Crippen molar-refractivity contribution in [3.05, 3.63) is 75.9 Å². The fraction of sp³-hybridized carbons (Fsp3) is 0.360. The molecule has 0 bridgehead atoms. The number of nitrogens with one attached hydrogen (secondary N) is 1. The van der Waals surface area contributed by atoms with Gasteiger partial charge in [0.25, 0.3) is 0 Å². The molecule has 2 aliphatic heterocycles.